The summed E-state index contributed by atoms with van der Waals surface area (Å²) < 4.78 is 27.5. The van der Waals surface area contributed by atoms with Crippen LogP contribution >= 0.6 is 11.6 Å². The van der Waals surface area contributed by atoms with E-state index in [-0.39, 0.29) is 23.3 Å². The van der Waals surface area contributed by atoms with E-state index in [1.54, 1.807) is 36.4 Å². The van der Waals surface area contributed by atoms with Gasteiger partial charge in [0.2, 0.25) is 15.9 Å². The lowest BCUT2D eigenvalue weighted by Gasteiger charge is -2.31. The molecule has 7 nitrogen and oxygen atoms in total. The van der Waals surface area contributed by atoms with Crippen LogP contribution in [0.2, 0.25) is 5.02 Å². The molecule has 2 aliphatic rings. The van der Waals surface area contributed by atoms with Crippen LogP contribution < -0.4 is 5.32 Å². The summed E-state index contributed by atoms with van der Waals surface area (Å²) in [6, 6.07) is 13.1. The van der Waals surface area contributed by atoms with E-state index in [2.05, 4.69) is 5.32 Å². The van der Waals surface area contributed by atoms with Crippen LogP contribution in [0.25, 0.3) is 0 Å². The Hall–Kier alpha value is -2.42. The average molecular weight is 504 g/mol. The second kappa shape index (κ2) is 10.9. The Bertz CT molecular complexity index is 1130. The number of amides is 2. The highest BCUT2D eigenvalue weighted by atomic mass is 35.5. The summed E-state index contributed by atoms with van der Waals surface area (Å²) in [5.41, 5.74) is 0.943. The maximum absolute atomic E-state index is 13.2. The van der Waals surface area contributed by atoms with Crippen LogP contribution in [-0.4, -0.2) is 55.6 Å². The van der Waals surface area contributed by atoms with Gasteiger partial charge in [0.25, 0.3) is 5.91 Å². The number of halogens is 1. The Labute approximate surface area is 206 Å². The number of sulfonamides is 1. The van der Waals surface area contributed by atoms with Crippen molar-refractivity contribution in [1.82, 2.24) is 9.21 Å². The number of hydrogen-bond donors (Lipinski definition) is 1. The Morgan fingerprint density at radius 3 is 2.26 bits per heavy atom. The van der Waals surface area contributed by atoms with Gasteiger partial charge in [-0.15, -0.1) is 0 Å². The highest BCUT2D eigenvalue weighted by molar-refractivity contribution is 7.89. The molecule has 4 rings (SSSR count). The third-order valence-corrected chi connectivity index (χ3v) is 8.65. The zero-order chi connectivity index (χ0) is 24.1. The topological polar surface area (TPSA) is 86.8 Å². The van der Waals surface area contributed by atoms with Crippen molar-refractivity contribution < 1.29 is 18.0 Å². The quantitative estimate of drug-likeness (QED) is 0.655. The van der Waals surface area contributed by atoms with Gasteiger partial charge >= 0.3 is 0 Å². The number of carbonyl (C=O) groups excluding carboxylic acids is 2. The summed E-state index contributed by atoms with van der Waals surface area (Å²) in [6.45, 7) is 1.90. The molecule has 2 saturated heterocycles. The lowest BCUT2D eigenvalue weighted by molar-refractivity contribution is -0.120. The van der Waals surface area contributed by atoms with Crippen molar-refractivity contribution in [1.29, 1.82) is 0 Å². The summed E-state index contributed by atoms with van der Waals surface area (Å²) in [6.07, 6.45) is 5.39. The first-order valence-electron chi connectivity index (χ1n) is 11.8. The fourth-order valence-corrected chi connectivity index (χ4v) is 6.24. The van der Waals surface area contributed by atoms with E-state index in [4.69, 9.17) is 11.6 Å². The van der Waals surface area contributed by atoms with E-state index in [1.807, 2.05) is 4.90 Å². The van der Waals surface area contributed by atoms with Crippen LogP contribution in [0.5, 0.6) is 0 Å². The van der Waals surface area contributed by atoms with Gasteiger partial charge in [-0.3, -0.25) is 9.59 Å². The molecule has 1 atom stereocenters. The number of piperidine rings is 1. The summed E-state index contributed by atoms with van der Waals surface area (Å²) in [5.74, 6) is -0.849. The number of para-hydroxylation sites is 1. The van der Waals surface area contributed by atoms with Gasteiger partial charge in [0, 0.05) is 31.2 Å². The van der Waals surface area contributed by atoms with Crippen LogP contribution in [0.1, 0.15) is 48.9 Å². The SMILES string of the molecule is O=C(Nc1ccccc1C(=O)N1CCCCCC1)C1CCCN(S(=O)(=O)c2ccc(Cl)cc2)C1. The third kappa shape index (κ3) is 5.62. The van der Waals surface area contributed by atoms with Crippen molar-refractivity contribution in [3.8, 4) is 0 Å². The van der Waals surface area contributed by atoms with E-state index < -0.39 is 15.9 Å². The molecule has 0 radical (unpaired) electrons. The molecule has 182 valence electrons. The van der Waals surface area contributed by atoms with Crippen LogP contribution in [0, 0.1) is 5.92 Å². The largest absolute Gasteiger partial charge is 0.339 e. The predicted molar refractivity (Wildman–Crippen MR) is 132 cm³/mol. The molecule has 1 N–H and O–H groups in total. The van der Waals surface area contributed by atoms with Crippen LogP contribution in [-0.2, 0) is 14.8 Å². The standard InChI is InChI=1S/C25H30ClN3O4S/c26-20-11-13-21(14-12-20)34(32,33)29-17-7-8-19(18-29)24(30)27-23-10-4-3-9-22(23)25(31)28-15-5-1-2-6-16-28/h3-4,9-14,19H,1-2,5-8,15-18H2,(H,27,30). The van der Waals surface area contributed by atoms with Crippen LogP contribution in [0.3, 0.4) is 0 Å². The minimum Gasteiger partial charge on any atom is -0.339 e. The number of nitrogens with one attached hydrogen (secondary N) is 1. The van der Waals surface area contributed by atoms with E-state index in [9.17, 15) is 18.0 Å². The number of hydrogen-bond acceptors (Lipinski definition) is 4. The van der Waals surface area contributed by atoms with Gasteiger partial charge in [0.15, 0.2) is 0 Å². The molecule has 2 fully saturated rings. The molecule has 0 saturated carbocycles. The number of nitrogens with zero attached hydrogens (tertiary/aromatic N) is 2. The first-order chi connectivity index (χ1) is 16.4. The summed E-state index contributed by atoms with van der Waals surface area (Å²) in [7, 11) is -3.72. The second-order valence-electron chi connectivity index (χ2n) is 8.90. The Morgan fingerprint density at radius 1 is 0.882 bits per heavy atom. The van der Waals surface area contributed by atoms with Gasteiger partial charge in [-0.05, 0) is 62.1 Å². The molecule has 34 heavy (non-hydrogen) atoms. The zero-order valence-corrected chi connectivity index (χ0v) is 20.7. The van der Waals surface area contributed by atoms with Crippen molar-refractivity contribution in [3.05, 3.63) is 59.1 Å². The lowest BCUT2D eigenvalue weighted by Crippen LogP contribution is -2.43. The van der Waals surface area contributed by atoms with E-state index in [1.165, 1.54) is 16.4 Å². The Kier molecular flexibility index (Phi) is 7.91. The van der Waals surface area contributed by atoms with Crippen LogP contribution in [0.15, 0.2) is 53.4 Å². The van der Waals surface area contributed by atoms with Gasteiger partial charge in [-0.25, -0.2) is 8.42 Å². The van der Waals surface area contributed by atoms with E-state index in [0.29, 0.717) is 35.7 Å². The smallest absolute Gasteiger partial charge is 0.255 e. The molecule has 2 heterocycles. The molecule has 0 aliphatic carbocycles. The van der Waals surface area contributed by atoms with Crippen molar-refractivity contribution in [2.75, 3.05) is 31.5 Å². The Morgan fingerprint density at radius 2 is 1.56 bits per heavy atom. The van der Waals surface area contributed by atoms with Crippen molar-refractivity contribution in [2.45, 2.75) is 43.4 Å². The number of benzene rings is 2. The highest BCUT2D eigenvalue weighted by Crippen LogP contribution is 2.27. The lowest BCUT2D eigenvalue weighted by atomic mass is 9.98. The zero-order valence-electron chi connectivity index (χ0n) is 19.1. The Balaban J connectivity index is 1.47. The first-order valence-corrected chi connectivity index (χ1v) is 13.6. The van der Waals surface area contributed by atoms with Gasteiger partial charge in [-0.2, -0.15) is 4.31 Å². The summed E-state index contributed by atoms with van der Waals surface area (Å²) in [4.78, 5) is 28.3. The minimum atomic E-state index is -3.72. The molecular formula is C25H30ClN3O4S. The molecular weight excluding hydrogens is 474 g/mol. The second-order valence-corrected chi connectivity index (χ2v) is 11.3. The van der Waals surface area contributed by atoms with Gasteiger partial charge < -0.3 is 10.2 Å². The maximum Gasteiger partial charge on any atom is 0.255 e. The number of likely N-dealkylation sites (tertiary alicyclic amines) is 1. The molecule has 9 heteroatoms. The van der Waals surface area contributed by atoms with Crippen molar-refractivity contribution in [2.24, 2.45) is 5.92 Å². The number of anilines is 1. The summed E-state index contributed by atoms with van der Waals surface area (Å²) in [5, 5.41) is 3.37. The maximum atomic E-state index is 13.2. The fourth-order valence-electron chi connectivity index (χ4n) is 4.59. The minimum absolute atomic E-state index is 0.0756. The molecule has 0 aromatic heterocycles. The molecule has 1 unspecified atom stereocenters. The van der Waals surface area contributed by atoms with Crippen molar-refractivity contribution >= 4 is 39.1 Å². The average Bonchev–Trinajstić information content (AvgIpc) is 3.14. The molecule has 2 amide bonds. The van der Waals surface area contributed by atoms with Gasteiger partial charge in [0.1, 0.15) is 0 Å². The molecule has 0 spiro atoms. The molecule has 2 aromatic carbocycles. The van der Waals surface area contributed by atoms with E-state index in [0.717, 1.165) is 38.8 Å². The van der Waals surface area contributed by atoms with Gasteiger partial charge in [-0.1, -0.05) is 36.6 Å². The van der Waals surface area contributed by atoms with Gasteiger partial charge in [0.05, 0.1) is 22.1 Å². The molecule has 0 bridgehead atoms. The van der Waals surface area contributed by atoms with Crippen LogP contribution in [0.4, 0.5) is 5.69 Å². The third-order valence-electron chi connectivity index (χ3n) is 6.51. The first kappa shape index (κ1) is 24.7. The molecule has 2 aromatic rings. The monoisotopic (exact) mass is 503 g/mol. The van der Waals surface area contributed by atoms with Crippen molar-refractivity contribution in [3.63, 3.8) is 0 Å². The fraction of sp³-hybridized carbons (Fsp3) is 0.440. The summed E-state index contributed by atoms with van der Waals surface area (Å²) >= 11 is 5.89. The highest BCUT2D eigenvalue weighted by Gasteiger charge is 2.34. The molecule has 2 aliphatic heterocycles. The predicted octanol–water partition coefficient (Wildman–Crippen LogP) is 4.40. The number of rotatable bonds is 5. The normalized spacial score (nSPS) is 19.9. The number of carbonyl (C=O) groups is 2. The van der Waals surface area contributed by atoms with E-state index >= 15 is 0 Å².